The van der Waals surface area contributed by atoms with Gasteiger partial charge in [0.05, 0.1) is 0 Å². The molecule has 1 aromatic carbocycles. The number of hydrogen-bond donors (Lipinski definition) is 0. The van der Waals surface area contributed by atoms with Crippen molar-refractivity contribution in [3.63, 3.8) is 0 Å². The van der Waals surface area contributed by atoms with Gasteiger partial charge in [0.25, 0.3) is 11.5 Å². The Kier molecular flexibility index (Phi) is 4.95. The maximum Gasteiger partial charge on any atom is 0.267 e. The quantitative estimate of drug-likeness (QED) is 0.760. The van der Waals surface area contributed by atoms with Gasteiger partial charge in [0.1, 0.15) is 17.4 Å². The van der Waals surface area contributed by atoms with Gasteiger partial charge < -0.3 is 9.64 Å². The number of piperidine rings is 1. The zero-order valence-electron chi connectivity index (χ0n) is 15.6. The SMILES string of the molecule is Cc1cccc(C)c1OC1CCN(C(=O)c2cnc3n(c2=O)CCS3)CC1. The molecule has 0 aliphatic carbocycles. The summed E-state index contributed by atoms with van der Waals surface area (Å²) < 4.78 is 7.82. The van der Waals surface area contributed by atoms with E-state index in [0.29, 0.717) is 24.8 Å². The Bertz CT molecular complexity index is 912. The fraction of sp³-hybridized carbons (Fsp3) is 0.450. The first-order valence-corrected chi connectivity index (χ1v) is 10.3. The molecule has 1 fully saturated rings. The summed E-state index contributed by atoms with van der Waals surface area (Å²) in [5.41, 5.74) is 2.21. The molecule has 0 radical (unpaired) electrons. The number of para-hydroxylation sites is 1. The van der Waals surface area contributed by atoms with Crippen molar-refractivity contribution in [2.45, 2.75) is 44.5 Å². The Morgan fingerprint density at radius 2 is 1.89 bits per heavy atom. The van der Waals surface area contributed by atoms with Gasteiger partial charge in [-0.2, -0.15) is 0 Å². The zero-order chi connectivity index (χ0) is 19.0. The average molecular weight is 385 g/mol. The van der Waals surface area contributed by atoms with Crippen molar-refractivity contribution >= 4 is 17.7 Å². The second kappa shape index (κ2) is 7.38. The van der Waals surface area contributed by atoms with Gasteiger partial charge in [-0.15, -0.1) is 0 Å². The minimum absolute atomic E-state index is 0.0875. The van der Waals surface area contributed by atoms with Crippen LogP contribution in [0.25, 0.3) is 0 Å². The van der Waals surface area contributed by atoms with Crippen LogP contribution in [0.5, 0.6) is 5.75 Å². The summed E-state index contributed by atoms with van der Waals surface area (Å²) in [6.07, 6.45) is 3.04. The molecule has 3 heterocycles. The first-order valence-electron chi connectivity index (χ1n) is 9.29. The van der Waals surface area contributed by atoms with E-state index < -0.39 is 0 Å². The van der Waals surface area contributed by atoms with Crippen molar-refractivity contribution < 1.29 is 9.53 Å². The predicted molar refractivity (Wildman–Crippen MR) is 105 cm³/mol. The summed E-state index contributed by atoms with van der Waals surface area (Å²) in [5, 5.41) is 0.706. The van der Waals surface area contributed by atoms with E-state index >= 15 is 0 Å². The Morgan fingerprint density at radius 3 is 2.59 bits per heavy atom. The van der Waals surface area contributed by atoms with E-state index in [1.807, 2.05) is 32.0 Å². The minimum Gasteiger partial charge on any atom is -0.490 e. The molecule has 142 valence electrons. The molecule has 4 rings (SSSR count). The second-order valence-corrected chi connectivity index (χ2v) is 8.15. The second-order valence-electron chi connectivity index (χ2n) is 7.09. The van der Waals surface area contributed by atoms with Crippen LogP contribution in [0.2, 0.25) is 0 Å². The lowest BCUT2D eigenvalue weighted by atomic mass is 10.1. The summed E-state index contributed by atoms with van der Waals surface area (Å²) >= 11 is 1.55. The highest BCUT2D eigenvalue weighted by Gasteiger charge is 2.28. The number of aromatic nitrogens is 2. The number of benzene rings is 1. The van der Waals surface area contributed by atoms with Crippen LogP contribution in [0.1, 0.15) is 34.3 Å². The molecule has 0 atom stereocenters. The third-order valence-electron chi connectivity index (χ3n) is 5.21. The molecule has 0 saturated carbocycles. The Hall–Kier alpha value is -2.28. The number of thioether (sulfide) groups is 1. The van der Waals surface area contributed by atoms with Crippen LogP contribution < -0.4 is 10.3 Å². The topological polar surface area (TPSA) is 64.4 Å². The van der Waals surface area contributed by atoms with E-state index in [0.717, 1.165) is 35.5 Å². The molecule has 2 aromatic rings. The molecular formula is C20H23N3O3S. The predicted octanol–water partition coefficient (Wildman–Crippen LogP) is 2.65. The van der Waals surface area contributed by atoms with Gasteiger partial charge in [-0.1, -0.05) is 30.0 Å². The van der Waals surface area contributed by atoms with Crippen LogP contribution in [-0.4, -0.2) is 45.3 Å². The van der Waals surface area contributed by atoms with Crippen molar-refractivity contribution in [3.05, 3.63) is 51.4 Å². The standard InChI is InChI=1S/C20H23N3O3S/c1-13-4-3-5-14(2)17(13)26-15-6-8-22(9-7-15)18(24)16-12-21-20-23(19(16)25)10-11-27-20/h3-5,12,15H,6-11H2,1-2H3. The van der Waals surface area contributed by atoms with Gasteiger partial charge in [-0.25, -0.2) is 4.98 Å². The van der Waals surface area contributed by atoms with Crippen LogP contribution in [0.4, 0.5) is 0 Å². The average Bonchev–Trinajstić information content (AvgIpc) is 3.15. The fourth-order valence-electron chi connectivity index (χ4n) is 3.66. The van der Waals surface area contributed by atoms with E-state index in [1.165, 1.54) is 6.20 Å². The van der Waals surface area contributed by atoms with Crippen molar-refractivity contribution in [3.8, 4) is 5.75 Å². The molecule has 1 aromatic heterocycles. The van der Waals surface area contributed by atoms with Crippen LogP contribution >= 0.6 is 11.8 Å². The Labute approximate surface area is 162 Å². The molecule has 0 bridgehead atoms. The zero-order valence-corrected chi connectivity index (χ0v) is 16.4. The molecule has 1 saturated heterocycles. The van der Waals surface area contributed by atoms with Crippen LogP contribution in [0.3, 0.4) is 0 Å². The summed E-state index contributed by atoms with van der Waals surface area (Å²) in [4.78, 5) is 31.4. The largest absolute Gasteiger partial charge is 0.490 e. The summed E-state index contributed by atoms with van der Waals surface area (Å²) in [7, 11) is 0. The molecule has 0 spiro atoms. The molecule has 0 unspecified atom stereocenters. The fourth-order valence-corrected chi connectivity index (χ4v) is 4.58. The highest BCUT2D eigenvalue weighted by atomic mass is 32.2. The molecule has 27 heavy (non-hydrogen) atoms. The number of likely N-dealkylation sites (tertiary alicyclic amines) is 1. The van der Waals surface area contributed by atoms with Crippen LogP contribution in [0, 0.1) is 13.8 Å². The number of aryl methyl sites for hydroxylation is 2. The minimum atomic E-state index is -0.219. The number of hydrogen-bond acceptors (Lipinski definition) is 5. The highest BCUT2D eigenvalue weighted by Crippen LogP contribution is 2.27. The number of ether oxygens (including phenoxy) is 1. The highest BCUT2D eigenvalue weighted by molar-refractivity contribution is 7.99. The lowest BCUT2D eigenvalue weighted by Gasteiger charge is -2.32. The maximum atomic E-state index is 12.8. The lowest BCUT2D eigenvalue weighted by Crippen LogP contribution is -2.44. The number of fused-ring (bicyclic) bond motifs is 1. The third-order valence-corrected chi connectivity index (χ3v) is 6.18. The normalized spacial score (nSPS) is 17.0. The third kappa shape index (κ3) is 3.48. The van der Waals surface area contributed by atoms with Crippen molar-refractivity contribution in [2.75, 3.05) is 18.8 Å². The van der Waals surface area contributed by atoms with Crippen molar-refractivity contribution in [1.29, 1.82) is 0 Å². The molecule has 0 N–H and O–H groups in total. The van der Waals surface area contributed by atoms with Gasteiger partial charge in [-0.3, -0.25) is 14.2 Å². The Morgan fingerprint density at radius 1 is 1.19 bits per heavy atom. The first kappa shape index (κ1) is 18.1. The van der Waals surface area contributed by atoms with E-state index in [2.05, 4.69) is 4.98 Å². The number of carbonyl (C=O) groups excluding carboxylic acids is 1. The van der Waals surface area contributed by atoms with Crippen molar-refractivity contribution in [2.24, 2.45) is 0 Å². The summed E-state index contributed by atoms with van der Waals surface area (Å²) in [6, 6.07) is 6.13. The lowest BCUT2D eigenvalue weighted by molar-refractivity contribution is 0.0590. The van der Waals surface area contributed by atoms with Crippen LogP contribution in [0.15, 0.2) is 34.3 Å². The number of nitrogens with zero attached hydrogens (tertiary/aromatic N) is 3. The molecule has 6 nitrogen and oxygen atoms in total. The van der Waals surface area contributed by atoms with Gasteiger partial charge >= 0.3 is 0 Å². The van der Waals surface area contributed by atoms with E-state index in [9.17, 15) is 9.59 Å². The van der Waals surface area contributed by atoms with Gasteiger partial charge in [0.15, 0.2) is 5.16 Å². The Balaban J connectivity index is 1.42. The number of rotatable bonds is 3. The maximum absolute atomic E-state index is 12.8. The molecule has 2 aliphatic rings. The van der Waals surface area contributed by atoms with Gasteiger partial charge in [-0.05, 0) is 25.0 Å². The van der Waals surface area contributed by atoms with E-state index in [4.69, 9.17) is 4.74 Å². The van der Waals surface area contributed by atoms with Crippen LogP contribution in [-0.2, 0) is 6.54 Å². The van der Waals surface area contributed by atoms with Gasteiger partial charge in [0, 0.05) is 44.4 Å². The number of carbonyl (C=O) groups is 1. The monoisotopic (exact) mass is 385 g/mol. The molecule has 2 aliphatic heterocycles. The first-order chi connectivity index (χ1) is 13.0. The van der Waals surface area contributed by atoms with E-state index in [1.54, 1.807) is 21.2 Å². The van der Waals surface area contributed by atoms with E-state index in [-0.39, 0.29) is 23.1 Å². The number of amides is 1. The molecular weight excluding hydrogens is 362 g/mol. The summed E-state index contributed by atoms with van der Waals surface area (Å²) in [6.45, 7) is 5.90. The summed E-state index contributed by atoms with van der Waals surface area (Å²) in [5.74, 6) is 1.56. The molecule has 1 amide bonds. The molecule has 7 heteroatoms. The van der Waals surface area contributed by atoms with Gasteiger partial charge in [0.2, 0.25) is 0 Å². The smallest absolute Gasteiger partial charge is 0.267 e. The van der Waals surface area contributed by atoms with Crippen molar-refractivity contribution in [1.82, 2.24) is 14.5 Å².